The summed E-state index contributed by atoms with van der Waals surface area (Å²) in [5, 5.41) is 12.0. The maximum absolute atomic E-state index is 10.9. The van der Waals surface area contributed by atoms with E-state index in [1.807, 2.05) is 0 Å². The molecule has 0 saturated heterocycles. The van der Waals surface area contributed by atoms with E-state index in [1.54, 1.807) is 13.0 Å². The van der Waals surface area contributed by atoms with E-state index in [0.717, 1.165) is 0 Å². The first-order chi connectivity index (χ1) is 5.70. The Kier molecular flexibility index (Phi) is 2.10. The van der Waals surface area contributed by atoms with Crippen LogP contribution in [0.15, 0.2) is 4.52 Å². The van der Waals surface area contributed by atoms with Gasteiger partial charge in [-0.05, 0) is 6.92 Å². The highest BCUT2D eigenvalue weighted by molar-refractivity contribution is 5.89. The smallest absolute Gasteiger partial charge is 0.361 e. The van der Waals surface area contributed by atoms with Crippen molar-refractivity contribution >= 4 is 5.97 Å². The molecule has 0 amide bonds. The van der Waals surface area contributed by atoms with Gasteiger partial charge < -0.3 is 9.26 Å². The molecule has 0 atom stereocenters. The Balaban J connectivity index is 3.18. The molecule has 1 rings (SSSR count). The number of hydrogen-bond acceptors (Lipinski definition) is 5. The summed E-state index contributed by atoms with van der Waals surface area (Å²) in [7, 11) is 1.22. The number of aromatic nitrogens is 1. The standard InChI is InChI=1S/C7H6N2O3/c1-4-5(3-8)6(9-12-4)7(10)11-2/h1-2H3. The Morgan fingerprint density at radius 2 is 2.42 bits per heavy atom. The SMILES string of the molecule is COC(=O)c1noc(C)c1C#N. The van der Waals surface area contributed by atoms with Crippen molar-refractivity contribution in [3.63, 3.8) is 0 Å². The molecule has 5 nitrogen and oxygen atoms in total. The largest absolute Gasteiger partial charge is 0.464 e. The van der Waals surface area contributed by atoms with E-state index in [2.05, 4.69) is 14.4 Å². The minimum atomic E-state index is -0.664. The van der Waals surface area contributed by atoms with Gasteiger partial charge in [-0.15, -0.1) is 0 Å². The summed E-state index contributed by atoms with van der Waals surface area (Å²) in [4.78, 5) is 10.9. The second-order valence-corrected chi connectivity index (χ2v) is 2.07. The molecule has 0 saturated carbocycles. The number of hydrogen-bond donors (Lipinski definition) is 0. The lowest BCUT2D eigenvalue weighted by Gasteiger charge is -1.90. The minimum Gasteiger partial charge on any atom is -0.464 e. The summed E-state index contributed by atoms with van der Waals surface area (Å²) < 4.78 is 9.02. The normalized spacial score (nSPS) is 9.08. The van der Waals surface area contributed by atoms with Crippen LogP contribution in [-0.2, 0) is 4.74 Å². The van der Waals surface area contributed by atoms with E-state index in [4.69, 9.17) is 5.26 Å². The second-order valence-electron chi connectivity index (χ2n) is 2.07. The molecule has 0 bridgehead atoms. The van der Waals surface area contributed by atoms with Crippen LogP contribution in [0.4, 0.5) is 0 Å². The number of nitrogens with zero attached hydrogens (tertiary/aromatic N) is 2. The number of carbonyl (C=O) groups excluding carboxylic acids is 1. The van der Waals surface area contributed by atoms with E-state index in [1.165, 1.54) is 7.11 Å². The number of carbonyl (C=O) groups is 1. The van der Waals surface area contributed by atoms with Gasteiger partial charge >= 0.3 is 5.97 Å². The van der Waals surface area contributed by atoms with Crippen LogP contribution in [0, 0.1) is 18.3 Å². The quantitative estimate of drug-likeness (QED) is 0.572. The molecule has 0 N–H and O–H groups in total. The van der Waals surface area contributed by atoms with Crippen LogP contribution >= 0.6 is 0 Å². The van der Waals surface area contributed by atoms with Gasteiger partial charge in [0.25, 0.3) is 0 Å². The van der Waals surface area contributed by atoms with Gasteiger partial charge in [-0.1, -0.05) is 5.16 Å². The first-order valence-corrected chi connectivity index (χ1v) is 3.15. The van der Waals surface area contributed by atoms with Crippen molar-refractivity contribution in [1.82, 2.24) is 5.16 Å². The highest BCUT2D eigenvalue weighted by Gasteiger charge is 2.19. The van der Waals surface area contributed by atoms with Gasteiger partial charge in [-0.2, -0.15) is 5.26 Å². The van der Waals surface area contributed by atoms with Gasteiger partial charge in [0.15, 0.2) is 5.76 Å². The van der Waals surface area contributed by atoms with Crippen molar-refractivity contribution in [2.24, 2.45) is 0 Å². The summed E-state index contributed by atoms with van der Waals surface area (Å²) in [6.45, 7) is 1.55. The average Bonchev–Trinajstić information content (AvgIpc) is 2.45. The Bertz CT molecular complexity index is 348. The lowest BCUT2D eigenvalue weighted by molar-refractivity contribution is 0.0589. The molecule has 12 heavy (non-hydrogen) atoms. The first kappa shape index (κ1) is 8.27. The fourth-order valence-corrected chi connectivity index (χ4v) is 0.740. The Hall–Kier alpha value is -1.83. The van der Waals surface area contributed by atoms with Crippen molar-refractivity contribution in [3.05, 3.63) is 17.0 Å². The van der Waals surface area contributed by atoms with Crippen LogP contribution in [0.1, 0.15) is 21.8 Å². The van der Waals surface area contributed by atoms with Gasteiger partial charge in [-0.3, -0.25) is 0 Å². The first-order valence-electron chi connectivity index (χ1n) is 3.15. The summed E-state index contributed by atoms with van der Waals surface area (Å²) in [5.41, 5.74) is 0.0550. The number of rotatable bonds is 1. The zero-order valence-corrected chi connectivity index (χ0v) is 6.62. The van der Waals surface area contributed by atoms with Crippen LogP contribution in [0.3, 0.4) is 0 Å². The second kappa shape index (κ2) is 3.05. The number of ether oxygens (including phenoxy) is 1. The van der Waals surface area contributed by atoms with Crippen LogP contribution in [0.5, 0.6) is 0 Å². The zero-order valence-electron chi connectivity index (χ0n) is 6.62. The van der Waals surface area contributed by atoms with Crippen LogP contribution in [0.2, 0.25) is 0 Å². The number of methoxy groups -OCH3 is 1. The van der Waals surface area contributed by atoms with Crippen LogP contribution in [-0.4, -0.2) is 18.2 Å². The minimum absolute atomic E-state index is 0.0718. The lowest BCUT2D eigenvalue weighted by atomic mass is 10.2. The molecular formula is C7H6N2O3. The van der Waals surface area contributed by atoms with Gasteiger partial charge in [0.1, 0.15) is 11.6 Å². The molecule has 0 aliphatic heterocycles. The Labute approximate surface area is 68.5 Å². The van der Waals surface area contributed by atoms with Crippen LogP contribution < -0.4 is 0 Å². The predicted octanol–water partition coefficient (Wildman–Crippen LogP) is 0.641. The van der Waals surface area contributed by atoms with E-state index in [-0.39, 0.29) is 11.3 Å². The monoisotopic (exact) mass is 166 g/mol. The zero-order chi connectivity index (χ0) is 9.14. The summed E-state index contributed by atoms with van der Waals surface area (Å²) >= 11 is 0. The molecule has 0 radical (unpaired) electrons. The predicted molar refractivity (Wildman–Crippen MR) is 37.3 cm³/mol. The third-order valence-corrected chi connectivity index (χ3v) is 1.35. The summed E-state index contributed by atoms with van der Waals surface area (Å²) in [5.74, 6) is -0.346. The fourth-order valence-electron chi connectivity index (χ4n) is 0.740. The fraction of sp³-hybridized carbons (Fsp3) is 0.286. The molecule has 1 aromatic rings. The molecular weight excluding hydrogens is 160 g/mol. The molecule has 0 aromatic carbocycles. The Morgan fingerprint density at radius 3 is 2.92 bits per heavy atom. The molecule has 0 spiro atoms. The number of nitriles is 1. The maximum Gasteiger partial charge on any atom is 0.361 e. The average molecular weight is 166 g/mol. The molecule has 0 aliphatic carbocycles. The Morgan fingerprint density at radius 1 is 1.75 bits per heavy atom. The number of aryl methyl sites for hydroxylation is 1. The molecule has 1 aromatic heterocycles. The third-order valence-electron chi connectivity index (χ3n) is 1.35. The summed E-state index contributed by atoms with van der Waals surface area (Å²) in [6, 6.07) is 1.80. The van der Waals surface area contributed by atoms with Crippen molar-refractivity contribution in [3.8, 4) is 6.07 Å². The summed E-state index contributed by atoms with van der Waals surface area (Å²) in [6.07, 6.45) is 0. The number of esters is 1. The third kappa shape index (κ3) is 1.14. The van der Waals surface area contributed by atoms with E-state index >= 15 is 0 Å². The van der Waals surface area contributed by atoms with Crippen molar-refractivity contribution in [2.45, 2.75) is 6.92 Å². The lowest BCUT2D eigenvalue weighted by Crippen LogP contribution is -2.03. The van der Waals surface area contributed by atoms with E-state index < -0.39 is 5.97 Å². The van der Waals surface area contributed by atoms with Crippen molar-refractivity contribution < 1.29 is 14.1 Å². The molecule has 0 unspecified atom stereocenters. The van der Waals surface area contributed by atoms with Crippen LogP contribution in [0.25, 0.3) is 0 Å². The van der Waals surface area contributed by atoms with E-state index in [0.29, 0.717) is 5.76 Å². The highest BCUT2D eigenvalue weighted by Crippen LogP contribution is 2.11. The molecule has 1 heterocycles. The molecule has 62 valence electrons. The van der Waals surface area contributed by atoms with Gasteiger partial charge in [0.2, 0.25) is 5.69 Å². The van der Waals surface area contributed by atoms with Crippen molar-refractivity contribution in [1.29, 1.82) is 5.26 Å². The van der Waals surface area contributed by atoms with E-state index in [9.17, 15) is 4.79 Å². The highest BCUT2D eigenvalue weighted by atomic mass is 16.5. The maximum atomic E-state index is 10.9. The molecule has 0 fully saturated rings. The van der Waals surface area contributed by atoms with Gasteiger partial charge in [-0.25, -0.2) is 4.79 Å². The molecule has 0 aliphatic rings. The van der Waals surface area contributed by atoms with Crippen molar-refractivity contribution in [2.75, 3.05) is 7.11 Å². The van der Waals surface area contributed by atoms with Gasteiger partial charge in [0, 0.05) is 0 Å². The van der Waals surface area contributed by atoms with Gasteiger partial charge in [0.05, 0.1) is 7.11 Å². The topological polar surface area (TPSA) is 76.1 Å². The molecule has 5 heteroatoms.